The zero-order valence-electron chi connectivity index (χ0n) is 11.1. The predicted molar refractivity (Wildman–Crippen MR) is 83.0 cm³/mol. The van der Waals surface area contributed by atoms with Crippen LogP contribution in [0.4, 0.5) is 0 Å². The Labute approximate surface area is 144 Å². The molecule has 0 unspecified atom stereocenters. The molecule has 1 rings (SSSR count). The first-order chi connectivity index (χ1) is 9.08. The molecule has 1 aromatic carbocycles. The summed E-state index contributed by atoms with van der Waals surface area (Å²) in [6.07, 6.45) is 4.27. The number of rotatable bonds is 10. The van der Waals surface area contributed by atoms with Gasteiger partial charge >= 0.3 is 29.6 Å². The molecule has 1 N–H and O–H groups in total. The van der Waals surface area contributed by atoms with E-state index in [2.05, 4.69) is 12.1 Å². The van der Waals surface area contributed by atoms with Crippen molar-refractivity contribution in [1.82, 2.24) is 0 Å². The summed E-state index contributed by atoms with van der Waals surface area (Å²) in [5.41, 5.74) is 1.34. The topological polar surface area (TPSA) is 63.6 Å². The third kappa shape index (κ3) is 11.9. The van der Waals surface area contributed by atoms with Crippen LogP contribution < -0.4 is 0 Å². The Morgan fingerprint density at radius 3 is 2.15 bits per heavy atom. The van der Waals surface area contributed by atoms with Crippen molar-refractivity contribution in [1.29, 1.82) is 0 Å². The van der Waals surface area contributed by atoms with Crippen molar-refractivity contribution >= 4 is 39.7 Å². The summed E-state index contributed by atoms with van der Waals surface area (Å²) in [5.74, 6) is -0.176. The van der Waals surface area contributed by atoms with Crippen LogP contribution in [0.15, 0.2) is 30.3 Å². The molecule has 0 amide bonds. The Hall–Kier alpha value is 0.0900. The van der Waals surface area contributed by atoms with E-state index in [0.29, 0.717) is 26.1 Å². The second kappa shape index (κ2) is 11.7. The first-order valence-electron chi connectivity index (χ1n) is 6.65. The number of hydrogen-bond donors (Lipinski definition) is 1. The third-order valence-electron chi connectivity index (χ3n) is 2.79. The Bertz CT molecular complexity index is 434. The standard InChI is InChI=1S/C14H22O4S.Na.H/c15-19(16,17)13-7-6-12-18-11-5-4-10-14-8-2-1-3-9-14;;/h1-3,8-9H,4-7,10-13H2,(H,15,16,17);;. The van der Waals surface area contributed by atoms with Gasteiger partial charge in [0.25, 0.3) is 10.1 Å². The van der Waals surface area contributed by atoms with Crippen LogP contribution in [0.25, 0.3) is 0 Å². The summed E-state index contributed by atoms with van der Waals surface area (Å²) in [7, 11) is -3.81. The van der Waals surface area contributed by atoms with Gasteiger partial charge in [0.05, 0.1) is 5.75 Å². The summed E-state index contributed by atoms with van der Waals surface area (Å²) in [6.45, 7) is 1.26. The van der Waals surface area contributed by atoms with Crippen LogP contribution >= 0.6 is 0 Å². The molecular formula is C14H23NaO4S. The van der Waals surface area contributed by atoms with E-state index in [1.165, 1.54) is 5.56 Å². The van der Waals surface area contributed by atoms with E-state index in [0.717, 1.165) is 19.3 Å². The van der Waals surface area contributed by atoms with Crippen molar-refractivity contribution in [3.8, 4) is 0 Å². The molecule has 1 aromatic rings. The van der Waals surface area contributed by atoms with Gasteiger partial charge in [0.15, 0.2) is 0 Å². The van der Waals surface area contributed by atoms with Crippen LogP contribution in [-0.4, -0.2) is 61.5 Å². The molecule has 0 bridgehead atoms. The van der Waals surface area contributed by atoms with Gasteiger partial charge in [-0.3, -0.25) is 4.55 Å². The zero-order valence-corrected chi connectivity index (χ0v) is 11.9. The summed E-state index contributed by atoms with van der Waals surface area (Å²) in [4.78, 5) is 0. The van der Waals surface area contributed by atoms with Crippen molar-refractivity contribution in [3.05, 3.63) is 35.9 Å². The van der Waals surface area contributed by atoms with Crippen LogP contribution in [0.2, 0.25) is 0 Å². The SMILES string of the molecule is O=S(=O)(O)CCCCOCCCCc1ccccc1.[NaH]. The van der Waals surface area contributed by atoms with E-state index >= 15 is 0 Å². The summed E-state index contributed by atoms with van der Waals surface area (Å²) >= 11 is 0. The predicted octanol–water partition coefficient (Wildman–Crippen LogP) is 2.05. The van der Waals surface area contributed by atoms with Gasteiger partial charge < -0.3 is 4.74 Å². The fourth-order valence-electron chi connectivity index (χ4n) is 1.77. The number of hydrogen-bond acceptors (Lipinski definition) is 3. The van der Waals surface area contributed by atoms with Gasteiger partial charge in [0.2, 0.25) is 0 Å². The van der Waals surface area contributed by atoms with Gasteiger partial charge in [-0.2, -0.15) is 8.42 Å². The van der Waals surface area contributed by atoms with Crippen LogP contribution in [0, 0.1) is 0 Å². The monoisotopic (exact) mass is 310 g/mol. The van der Waals surface area contributed by atoms with Gasteiger partial charge in [-0.25, -0.2) is 0 Å². The molecule has 0 saturated carbocycles. The van der Waals surface area contributed by atoms with Gasteiger partial charge in [-0.15, -0.1) is 0 Å². The molecule has 0 aliphatic rings. The molecule has 0 heterocycles. The Kier molecular flexibility index (Phi) is 11.8. The molecule has 0 atom stereocenters. The van der Waals surface area contributed by atoms with Crippen LogP contribution in [-0.2, 0) is 21.3 Å². The van der Waals surface area contributed by atoms with Crippen molar-refractivity contribution in [2.75, 3.05) is 19.0 Å². The average molecular weight is 310 g/mol. The van der Waals surface area contributed by atoms with Crippen LogP contribution in [0.3, 0.4) is 0 Å². The molecule has 6 heteroatoms. The first-order valence-corrected chi connectivity index (χ1v) is 8.26. The maximum atomic E-state index is 10.5. The van der Waals surface area contributed by atoms with E-state index < -0.39 is 10.1 Å². The quantitative estimate of drug-likeness (QED) is 0.408. The molecular weight excluding hydrogens is 287 g/mol. The van der Waals surface area contributed by atoms with E-state index in [9.17, 15) is 8.42 Å². The number of unbranched alkanes of at least 4 members (excludes halogenated alkanes) is 2. The molecule has 110 valence electrons. The molecule has 0 aliphatic heterocycles. The van der Waals surface area contributed by atoms with Crippen LogP contribution in [0.5, 0.6) is 0 Å². The van der Waals surface area contributed by atoms with E-state index in [-0.39, 0.29) is 35.3 Å². The molecule has 0 saturated heterocycles. The Balaban J connectivity index is 0.00000361. The molecule has 0 aromatic heterocycles. The number of benzene rings is 1. The van der Waals surface area contributed by atoms with Gasteiger partial charge in [-0.05, 0) is 37.7 Å². The molecule has 0 spiro atoms. The minimum atomic E-state index is -3.81. The first kappa shape index (κ1) is 20.1. The zero-order chi connectivity index (χ0) is 14.0. The van der Waals surface area contributed by atoms with Crippen molar-refractivity contribution in [3.63, 3.8) is 0 Å². The van der Waals surface area contributed by atoms with E-state index in [4.69, 9.17) is 9.29 Å². The summed E-state index contributed by atoms with van der Waals surface area (Å²) in [6, 6.07) is 10.3. The van der Waals surface area contributed by atoms with Crippen molar-refractivity contribution < 1.29 is 17.7 Å². The van der Waals surface area contributed by atoms with Crippen LogP contribution in [0.1, 0.15) is 31.2 Å². The molecule has 0 aliphatic carbocycles. The summed E-state index contributed by atoms with van der Waals surface area (Å²) in [5, 5.41) is 0. The second-order valence-corrected chi connectivity index (χ2v) is 6.12. The maximum absolute atomic E-state index is 10.5. The molecule has 0 radical (unpaired) electrons. The Morgan fingerprint density at radius 2 is 1.55 bits per heavy atom. The van der Waals surface area contributed by atoms with Crippen molar-refractivity contribution in [2.45, 2.75) is 32.1 Å². The van der Waals surface area contributed by atoms with Gasteiger partial charge in [-0.1, -0.05) is 30.3 Å². The van der Waals surface area contributed by atoms with Gasteiger partial charge in [0.1, 0.15) is 0 Å². The fraction of sp³-hybridized carbons (Fsp3) is 0.571. The number of aryl methyl sites for hydroxylation is 1. The van der Waals surface area contributed by atoms with E-state index in [1.807, 2.05) is 18.2 Å². The molecule has 20 heavy (non-hydrogen) atoms. The second-order valence-electron chi connectivity index (χ2n) is 4.55. The number of ether oxygens (including phenoxy) is 1. The third-order valence-corrected chi connectivity index (χ3v) is 3.59. The summed E-state index contributed by atoms with van der Waals surface area (Å²) < 4.78 is 34.8. The fourth-order valence-corrected chi connectivity index (χ4v) is 2.34. The molecule has 4 nitrogen and oxygen atoms in total. The Morgan fingerprint density at radius 1 is 0.950 bits per heavy atom. The van der Waals surface area contributed by atoms with Crippen molar-refractivity contribution in [2.24, 2.45) is 0 Å². The van der Waals surface area contributed by atoms with Gasteiger partial charge in [0, 0.05) is 13.2 Å². The minimum absolute atomic E-state index is 0. The molecule has 0 fully saturated rings. The normalized spacial score (nSPS) is 11.1. The average Bonchev–Trinajstić information content (AvgIpc) is 2.37. The van der Waals surface area contributed by atoms with E-state index in [1.54, 1.807) is 0 Å².